The second-order valence-electron chi connectivity index (χ2n) is 5.73. The van der Waals surface area contributed by atoms with Gasteiger partial charge in [0, 0.05) is 38.2 Å². The first-order chi connectivity index (χ1) is 9.06. The average molecular weight is 264 g/mol. The normalized spacial score (nSPS) is 13.5. The van der Waals surface area contributed by atoms with Crippen molar-refractivity contribution in [2.75, 3.05) is 33.4 Å². The van der Waals surface area contributed by atoms with Gasteiger partial charge in [0.2, 0.25) is 0 Å². The van der Waals surface area contributed by atoms with Crippen LogP contribution >= 0.6 is 0 Å². The molecule has 0 radical (unpaired) electrons. The standard InChI is InChI=1S/C16H28N2O/c1-14(12-17-10-11-19-4)18-13-16(2,3)15-8-6-5-7-9-15/h5-9,14,17-18H,10-13H2,1-4H3. The number of nitrogens with one attached hydrogen (secondary N) is 2. The van der Waals surface area contributed by atoms with Gasteiger partial charge in [0.15, 0.2) is 0 Å². The molecule has 0 heterocycles. The quantitative estimate of drug-likeness (QED) is 0.671. The summed E-state index contributed by atoms with van der Waals surface area (Å²) in [5.41, 5.74) is 1.53. The van der Waals surface area contributed by atoms with Gasteiger partial charge in [0.05, 0.1) is 6.61 Å². The summed E-state index contributed by atoms with van der Waals surface area (Å²) >= 11 is 0. The fraction of sp³-hybridized carbons (Fsp3) is 0.625. The van der Waals surface area contributed by atoms with Crippen LogP contribution in [0.4, 0.5) is 0 Å². The lowest BCUT2D eigenvalue weighted by Gasteiger charge is -2.28. The van der Waals surface area contributed by atoms with E-state index in [4.69, 9.17) is 4.74 Å². The van der Waals surface area contributed by atoms with Gasteiger partial charge in [0.1, 0.15) is 0 Å². The number of rotatable bonds is 9. The van der Waals surface area contributed by atoms with Gasteiger partial charge in [-0.15, -0.1) is 0 Å². The van der Waals surface area contributed by atoms with Crippen LogP contribution < -0.4 is 10.6 Å². The number of hydrogen-bond donors (Lipinski definition) is 2. The molecule has 0 bridgehead atoms. The minimum Gasteiger partial charge on any atom is -0.383 e. The first-order valence-electron chi connectivity index (χ1n) is 7.05. The van der Waals surface area contributed by atoms with E-state index in [1.54, 1.807) is 7.11 Å². The third-order valence-electron chi connectivity index (χ3n) is 3.38. The van der Waals surface area contributed by atoms with Gasteiger partial charge in [0.25, 0.3) is 0 Å². The molecule has 1 aromatic carbocycles. The van der Waals surface area contributed by atoms with Gasteiger partial charge in [-0.05, 0) is 12.5 Å². The molecule has 1 rings (SSSR count). The van der Waals surface area contributed by atoms with E-state index < -0.39 is 0 Å². The van der Waals surface area contributed by atoms with Gasteiger partial charge in [-0.25, -0.2) is 0 Å². The van der Waals surface area contributed by atoms with Crippen LogP contribution in [0.2, 0.25) is 0 Å². The van der Waals surface area contributed by atoms with Crippen LogP contribution in [0.5, 0.6) is 0 Å². The van der Waals surface area contributed by atoms with Crippen molar-refractivity contribution < 1.29 is 4.74 Å². The number of benzene rings is 1. The second kappa shape index (κ2) is 8.31. The molecule has 0 aromatic heterocycles. The summed E-state index contributed by atoms with van der Waals surface area (Å²) in [6, 6.07) is 11.1. The molecule has 108 valence electrons. The minimum absolute atomic E-state index is 0.155. The van der Waals surface area contributed by atoms with E-state index in [0.29, 0.717) is 6.04 Å². The van der Waals surface area contributed by atoms with Crippen molar-refractivity contribution in [1.29, 1.82) is 0 Å². The third-order valence-corrected chi connectivity index (χ3v) is 3.38. The summed E-state index contributed by atoms with van der Waals surface area (Å²) in [6.07, 6.45) is 0. The maximum Gasteiger partial charge on any atom is 0.0587 e. The van der Waals surface area contributed by atoms with Gasteiger partial charge in [-0.3, -0.25) is 0 Å². The Balaban J connectivity index is 2.30. The van der Waals surface area contributed by atoms with E-state index in [1.807, 2.05) is 0 Å². The summed E-state index contributed by atoms with van der Waals surface area (Å²) in [5.74, 6) is 0. The maximum atomic E-state index is 5.01. The number of ether oxygens (including phenoxy) is 1. The van der Waals surface area contributed by atoms with Crippen molar-refractivity contribution in [3.63, 3.8) is 0 Å². The van der Waals surface area contributed by atoms with Crippen LogP contribution in [0.25, 0.3) is 0 Å². The van der Waals surface area contributed by atoms with Gasteiger partial charge >= 0.3 is 0 Å². The lowest BCUT2D eigenvalue weighted by atomic mass is 9.84. The largest absolute Gasteiger partial charge is 0.383 e. The predicted molar refractivity (Wildman–Crippen MR) is 81.7 cm³/mol. The minimum atomic E-state index is 0.155. The van der Waals surface area contributed by atoms with Gasteiger partial charge in [-0.2, -0.15) is 0 Å². The molecule has 0 saturated heterocycles. The maximum absolute atomic E-state index is 5.01. The molecule has 3 nitrogen and oxygen atoms in total. The van der Waals surface area contributed by atoms with Crippen molar-refractivity contribution in [2.24, 2.45) is 0 Å². The Kier molecular flexibility index (Phi) is 7.06. The van der Waals surface area contributed by atoms with Crippen molar-refractivity contribution in [3.8, 4) is 0 Å². The Labute approximate surface area is 117 Å². The van der Waals surface area contributed by atoms with E-state index in [9.17, 15) is 0 Å². The van der Waals surface area contributed by atoms with Crippen LogP contribution in [0, 0.1) is 0 Å². The average Bonchev–Trinajstić information content (AvgIpc) is 2.42. The lowest BCUT2D eigenvalue weighted by Crippen LogP contribution is -2.43. The summed E-state index contributed by atoms with van der Waals surface area (Å²) < 4.78 is 5.01. The van der Waals surface area contributed by atoms with E-state index in [0.717, 1.165) is 26.2 Å². The van der Waals surface area contributed by atoms with Crippen molar-refractivity contribution in [2.45, 2.75) is 32.2 Å². The molecule has 3 heteroatoms. The lowest BCUT2D eigenvalue weighted by molar-refractivity contribution is 0.198. The topological polar surface area (TPSA) is 33.3 Å². The smallest absolute Gasteiger partial charge is 0.0587 e. The highest BCUT2D eigenvalue weighted by Crippen LogP contribution is 2.21. The third kappa shape index (κ3) is 6.19. The van der Waals surface area contributed by atoms with E-state index >= 15 is 0 Å². The van der Waals surface area contributed by atoms with Crippen molar-refractivity contribution in [1.82, 2.24) is 10.6 Å². The molecule has 19 heavy (non-hydrogen) atoms. The number of methoxy groups -OCH3 is 1. The van der Waals surface area contributed by atoms with Crippen molar-refractivity contribution >= 4 is 0 Å². The summed E-state index contributed by atoms with van der Waals surface area (Å²) in [7, 11) is 1.73. The highest BCUT2D eigenvalue weighted by molar-refractivity contribution is 5.23. The monoisotopic (exact) mass is 264 g/mol. The van der Waals surface area contributed by atoms with Crippen molar-refractivity contribution in [3.05, 3.63) is 35.9 Å². The molecule has 0 saturated carbocycles. The van der Waals surface area contributed by atoms with E-state index in [1.165, 1.54) is 5.56 Å². The molecular weight excluding hydrogens is 236 g/mol. The van der Waals surface area contributed by atoms with Gasteiger partial charge < -0.3 is 15.4 Å². The zero-order valence-corrected chi connectivity index (χ0v) is 12.7. The molecule has 1 aromatic rings. The Morgan fingerprint density at radius 3 is 2.53 bits per heavy atom. The Bertz CT molecular complexity index is 338. The SMILES string of the molecule is COCCNCC(C)NCC(C)(C)c1ccccc1. The zero-order valence-electron chi connectivity index (χ0n) is 12.7. The molecule has 0 spiro atoms. The Hall–Kier alpha value is -0.900. The van der Waals surface area contributed by atoms with Crippen LogP contribution in [0.3, 0.4) is 0 Å². The molecule has 1 atom stereocenters. The highest BCUT2D eigenvalue weighted by Gasteiger charge is 2.20. The molecule has 0 amide bonds. The molecule has 0 aliphatic heterocycles. The van der Waals surface area contributed by atoms with E-state index in [2.05, 4.69) is 61.7 Å². The summed E-state index contributed by atoms with van der Waals surface area (Å²) in [6.45, 7) is 10.4. The van der Waals surface area contributed by atoms with Crippen LogP contribution in [-0.2, 0) is 10.2 Å². The zero-order chi connectivity index (χ0) is 14.1. The predicted octanol–water partition coefficient (Wildman–Crippen LogP) is 2.18. The first kappa shape index (κ1) is 16.2. The molecule has 2 N–H and O–H groups in total. The second-order valence-corrected chi connectivity index (χ2v) is 5.73. The fourth-order valence-electron chi connectivity index (χ4n) is 1.99. The molecule has 0 fully saturated rings. The van der Waals surface area contributed by atoms with Crippen LogP contribution in [0.15, 0.2) is 30.3 Å². The fourth-order valence-corrected chi connectivity index (χ4v) is 1.99. The molecule has 1 unspecified atom stereocenters. The number of hydrogen-bond acceptors (Lipinski definition) is 3. The molecule has 0 aliphatic rings. The van der Waals surface area contributed by atoms with E-state index in [-0.39, 0.29) is 5.41 Å². The highest BCUT2D eigenvalue weighted by atomic mass is 16.5. The Morgan fingerprint density at radius 1 is 1.21 bits per heavy atom. The van der Waals surface area contributed by atoms with Gasteiger partial charge in [-0.1, -0.05) is 44.2 Å². The Morgan fingerprint density at radius 2 is 1.89 bits per heavy atom. The summed E-state index contributed by atoms with van der Waals surface area (Å²) in [5, 5.41) is 6.97. The first-order valence-corrected chi connectivity index (χ1v) is 7.05. The summed E-state index contributed by atoms with van der Waals surface area (Å²) in [4.78, 5) is 0. The van der Waals surface area contributed by atoms with Crippen LogP contribution in [-0.4, -0.2) is 39.4 Å². The molecule has 0 aliphatic carbocycles. The van der Waals surface area contributed by atoms with Crippen LogP contribution in [0.1, 0.15) is 26.3 Å². The molecular formula is C16H28N2O.